The molecule has 6 heteroatoms. The van der Waals surface area contributed by atoms with E-state index >= 15 is 0 Å². The highest BCUT2D eigenvalue weighted by Gasteiger charge is 2.16. The second kappa shape index (κ2) is 2.77. The molecule has 0 saturated carbocycles. The van der Waals surface area contributed by atoms with Gasteiger partial charge in [0.1, 0.15) is 11.9 Å². The smallest absolute Gasteiger partial charge is 0.333 e. The van der Waals surface area contributed by atoms with Crippen molar-refractivity contribution in [2.24, 2.45) is 0 Å². The lowest BCUT2D eigenvalue weighted by Gasteiger charge is -1.97. The fourth-order valence-electron chi connectivity index (χ4n) is 0.694. The molecule has 0 radical (unpaired) electrons. The lowest BCUT2D eigenvalue weighted by Crippen LogP contribution is -1.82. The van der Waals surface area contributed by atoms with Crippen molar-refractivity contribution in [3.63, 3.8) is 0 Å². The van der Waals surface area contributed by atoms with Gasteiger partial charge in [-0.1, -0.05) is 5.16 Å². The van der Waals surface area contributed by atoms with Crippen LogP contribution in [0.2, 0.25) is 0 Å². The number of nitrogens with zero attached hydrogens (tertiary/aromatic N) is 1. The minimum atomic E-state index is -4.01. The van der Waals surface area contributed by atoms with Gasteiger partial charge in [-0.3, -0.25) is 4.57 Å². The first-order valence-corrected chi connectivity index (χ1v) is 4.74. The molecule has 0 saturated heterocycles. The number of hydrogen-bond acceptors (Lipinski definition) is 3. The summed E-state index contributed by atoms with van der Waals surface area (Å²) >= 11 is 0. The van der Waals surface area contributed by atoms with Crippen molar-refractivity contribution < 1.29 is 18.9 Å². The Balaban J connectivity index is 2.73. The summed E-state index contributed by atoms with van der Waals surface area (Å²) in [6.07, 6.45) is -0.381. The maximum Gasteiger partial charge on any atom is 0.333 e. The number of rotatable bonds is 2. The maximum absolute atomic E-state index is 10.4. The van der Waals surface area contributed by atoms with Gasteiger partial charge in [-0.2, -0.15) is 0 Å². The Hall–Kier alpha value is -0.640. The second-order valence-electron chi connectivity index (χ2n) is 2.26. The Morgan fingerprint density at radius 2 is 2.36 bits per heavy atom. The van der Waals surface area contributed by atoms with Crippen LogP contribution in [0.3, 0.4) is 0 Å². The quantitative estimate of drug-likeness (QED) is 0.648. The molecule has 0 aliphatic carbocycles. The monoisotopic (exact) mass is 177 g/mol. The lowest BCUT2D eigenvalue weighted by atomic mass is 10.4. The average Bonchev–Trinajstić information content (AvgIpc) is 2.10. The van der Waals surface area contributed by atoms with Crippen molar-refractivity contribution in [2.75, 3.05) is 0 Å². The molecular weight excluding hydrogens is 169 g/mol. The first kappa shape index (κ1) is 8.46. The zero-order chi connectivity index (χ0) is 8.48. The first-order valence-electron chi connectivity index (χ1n) is 2.94. The summed E-state index contributed by atoms with van der Waals surface area (Å²) in [5, 5.41) is 3.48. The van der Waals surface area contributed by atoms with Gasteiger partial charge in [0.25, 0.3) is 0 Å². The Morgan fingerprint density at radius 1 is 1.73 bits per heavy atom. The standard InChI is InChI=1S/C5H8NO4P/c1-4-2-5(10-6-4)3-11(7,8)9/h2H,3H2,1H3,(H2,7,8,9). The Morgan fingerprint density at radius 3 is 2.73 bits per heavy atom. The molecule has 0 unspecified atom stereocenters. The molecular formula is C5H8NO4P. The van der Waals surface area contributed by atoms with Crippen LogP contribution < -0.4 is 0 Å². The molecule has 0 aliphatic rings. The number of hydrogen-bond donors (Lipinski definition) is 2. The summed E-state index contributed by atoms with van der Waals surface area (Å²) < 4.78 is 15.0. The Kier molecular flexibility index (Phi) is 2.13. The molecule has 11 heavy (non-hydrogen) atoms. The van der Waals surface area contributed by atoms with E-state index in [9.17, 15) is 4.57 Å². The van der Waals surface area contributed by atoms with Crippen LogP contribution in [-0.4, -0.2) is 14.9 Å². The van der Waals surface area contributed by atoms with Crippen molar-refractivity contribution in [1.82, 2.24) is 5.16 Å². The van der Waals surface area contributed by atoms with Crippen molar-refractivity contribution in [1.29, 1.82) is 0 Å². The molecule has 0 amide bonds. The highest BCUT2D eigenvalue weighted by Crippen LogP contribution is 2.38. The van der Waals surface area contributed by atoms with E-state index in [1.807, 2.05) is 0 Å². The van der Waals surface area contributed by atoms with Gasteiger partial charge >= 0.3 is 7.60 Å². The van der Waals surface area contributed by atoms with E-state index in [1.165, 1.54) is 6.07 Å². The molecule has 1 rings (SSSR count). The minimum absolute atomic E-state index is 0.218. The SMILES string of the molecule is Cc1cc(CP(=O)(O)O)on1. The van der Waals surface area contributed by atoms with Gasteiger partial charge in [0, 0.05) is 6.07 Å². The van der Waals surface area contributed by atoms with Crippen LogP contribution in [0, 0.1) is 6.92 Å². The van der Waals surface area contributed by atoms with Gasteiger partial charge in [-0.15, -0.1) is 0 Å². The van der Waals surface area contributed by atoms with Crippen LogP contribution >= 0.6 is 7.60 Å². The third kappa shape index (κ3) is 2.84. The third-order valence-electron chi connectivity index (χ3n) is 1.04. The first-order chi connectivity index (χ1) is 4.97. The van der Waals surface area contributed by atoms with Crippen LogP contribution in [0.1, 0.15) is 11.5 Å². The topological polar surface area (TPSA) is 83.6 Å². The predicted molar refractivity (Wildman–Crippen MR) is 37.0 cm³/mol. The van der Waals surface area contributed by atoms with E-state index in [4.69, 9.17) is 9.79 Å². The Bertz CT molecular complexity index is 288. The second-order valence-corrected chi connectivity index (χ2v) is 3.90. The summed E-state index contributed by atoms with van der Waals surface area (Å²) in [6, 6.07) is 1.50. The molecule has 1 aromatic heterocycles. The van der Waals surface area contributed by atoms with E-state index in [2.05, 4.69) is 9.68 Å². The molecule has 1 aromatic rings. The molecule has 62 valence electrons. The van der Waals surface area contributed by atoms with Gasteiger partial charge in [-0.05, 0) is 6.92 Å². The zero-order valence-electron chi connectivity index (χ0n) is 5.89. The van der Waals surface area contributed by atoms with E-state index in [0.717, 1.165) is 0 Å². The average molecular weight is 177 g/mol. The molecule has 0 fully saturated rings. The molecule has 0 atom stereocenters. The van der Waals surface area contributed by atoms with Crippen LogP contribution in [0.15, 0.2) is 10.6 Å². The number of aryl methyl sites for hydroxylation is 1. The molecule has 1 heterocycles. The molecule has 0 aliphatic heterocycles. The van der Waals surface area contributed by atoms with Crippen molar-refractivity contribution in [3.05, 3.63) is 17.5 Å². The minimum Gasteiger partial charge on any atom is -0.360 e. The molecule has 2 N–H and O–H groups in total. The normalized spacial score (nSPS) is 11.9. The van der Waals surface area contributed by atoms with Crippen LogP contribution in [0.25, 0.3) is 0 Å². The largest absolute Gasteiger partial charge is 0.360 e. The van der Waals surface area contributed by atoms with E-state index in [-0.39, 0.29) is 11.9 Å². The van der Waals surface area contributed by atoms with Crippen LogP contribution in [0.4, 0.5) is 0 Å². The van der Waals surface area contributed by atoms with Crippen molar-refractivity contribution >= 4 is 7.60 Å². The summed E-state index contributed by atoms with van der Waals surface area (Å²) in [5.41, 5.74) is 0.619. The fraction of sp³-hybridized carbons (Fsp3) is 0.400. The third-order valence-corrected chi connectivity index (χ3v) is 1.76. The predicted octanol–water partition coefficient (Wildman–Crippen LogP) is 0.661. The van der Waals surface area contributed by atoms with Crippen LogP contribution in [0.5, 0.6) is 0 Å². The van der Waals surface area contributed by atoms with Gasteiger partial charge in [-0.25, -0.2) is 0 Å². The van der Waals surface area contributed by atoms with Crippen molar-refractivity contribution in [3.8, 4) is 0 Å². The fourth-order valence-corrected chi connectivity index (χ4v) is 1.25. The van der Waals surface area contributed by atoms with Gasteiger partial charge in [0.2, 0.25) is 0 Å². The summed E-state index contributed by atoms with van der Waals surface area (Å²) in [7, 11) is -4.01. The van der Waals surface area contributed by atoms with E-state index in [0.29, 0.717) is 5.69 Å². The highest BCUT2D eigenvalue weighted by atomic mass is 31.2. The summed E-state index contributed by atoms with van der Waals surface area (Å²) in [6.45, 7) is 1.69. The van der Waals surface area contributed by atoms with Crippen LogP contribution in [-0.2, 0) is 10.7 Å². The van der Waals surface area contributed by atoms with E-state index < -0.39 is 7.60 Å². The van der Waals surface area contributed by atoms with E-state index in [1.54, 1.807) is 6.92 Å². The molecule has 0 aromatic carbocycles. The van der Waals surface area contributed by atoms with Gasteiger partial charge in [0.05, 0.1) is 5.69 Å². The van der Waals surface area contributed by atoms with Crippen molar-refractivity contribution in [2.45, 2.75) is 13.1 Å². The summed E-state index contributed by atoms with van der Waals surface area (Å²) in [5.74, 6) is 0.218. The Labute approximate surface area is 63.2 Å². The molecule has 0 bridgehead atoms. The van der Waals surface area contributed by atoms with Gasteiger partial charge in [0.15, 0.2) is 0 Å². The molecule has 5 nitrogen and oxygen atoms in total. The number of aromatic nitrogens is 1. The maximum atomic E-state index is 10.4. The zero-order valence-corrected chi connectivity index (χ0v) is 6.78. The molecule has 0 spiro atoms. The highest BCUT2D eigenvalue weighted by molar-refractivity contribution is 7.50. The van der Waals surface area contributed by atoms with Gasteiger partial charge < -0.3 is 14.3 Å². The summed E-state index contributed by atoms with van der Waals surface area (Å²) in [4.78, 5) is 17.0. The lowest BCUT2D eigenvalue weighted by molar-refractivity contribution is 0.350.